The van der Waals surface area contributed by atoms with Gasteiger partial charge < -0.3 is 14.8 Å². The average molecular weight is 327 g/mol. The first kappa shape index (κ1) is 17.9. The zero-order chi connectivity index (χ0) is 17.2. The summed E-state index contributed by atoms with van der Waals surface area (Å²) in [7, 11) is 0. The Morgan fingerprint density at radius 1 is 0.958 bits per heavy atom. The number of anilines is 1. The summed E-state index contributed by atoms with van der Waals surface area (Å²) in [5, 5.41) is 2.84. The summed E-state index contributed by atoms with van der Waals surface area (Å²) in [4.78, 5) is 11.9. The van der Waals surface area contributed by atoms with Crippen LogP contribution in [0.2, 0.25) is 0 Å². The van der Waals surface area contributed by atoms with Gasteiger partial charge >= 0.3 is 0 Å². The Morgan fingerprint density at radius 3 is 2.29 bits per heavy atom. The molecule has 0 spiro atoms. The highest BCUT2D eigenvalue weighted by Gasteiger charge is 2.05. The van der Waals surface area contributed by atoms with E-state index in [4.69, 9.17) is 9.47 Å². The van der Waals surface area contributed by atoms with E-state index in [9.17, 15) is 4.79 Å². The smallest absolute Gasteiger partial charge is 0.262 e. The number of aryl methyl sites for hydroxylation is 1. The first-order chi connectivity index (χ1) is 11.7. The van der Waals surface area contributed by atoms with E-state index in [1.807, 2.05) is 55.5 Å². The van der Waals surface area contributed by atoms with Gasteiger partial charge in [-0.1, -0.05) is 38.0 Å². The minimum atomic E-state index is -0.177. The molecule has 2 aromatic rings. The second kappa shape index (κ2) is 9.60. The van der Waals surface area contributed by atoms with Crippen molar-refractivity contribution >= 4 is 11.6 Å². The van der Waals surface area contributed by atoms with Gasteiger partial charge in [-0.15, -0.1) is 0 Å². The highest BCUT2D eigenvalue weighted by molar-refractivity contribution is 5.92. The third kappa shape index (κ3) is 5.95. The van der Waals surface area contributed by atoms with E-state index in [2.05, 4.69) is 12.2 Å². The van der Waals surface area contributed by atoms with Crippen LogP contribution in [-0.2, 0) is 4.79 Å². The van der Waals surface area contributed by atoms with Crippen LogP contribution < -0.4 is 14.8 Å². The molecule has 0 heterocycles. The molecule has 0 saturated carbocycles. The lowest BCUT2D eigenvalue weighted by Crippen LogP contribution is -2.20. The van der Waals surface area contributed by atoms with Crippen LogP contribution in [0.5, 0.6) is 11.5 Å². The summed E-state index contributed by atoms with van der Waals surface area (Å²) >= 11 is 0. The van der Waals surface area contributed by atoms with Gasteiger partial charge in [0.25, 0.3) is 5.91 Å². The quantitative estimate of drug-likeness (QED) is 0.686. The van der Waals surface area contributed by atoms with Crippen LogP contribution >= 0.6 is 0 Å². The monoisotopic (exact) mass is 327 g/mol. The van der Waals surface area contributed by atoms with Gasteiger partial charge in [0, 0.05) is 5.69 Å². The lowest BCUT2D eigenvalue weighted by atomic mass is 10.2. The van der Waals surface area contributed by atoms with Gasteiger partial charge in [0.1, 0.15) is 11.5 Å². The van der Waals surface area contributed by atoms with Crippen LogP contribution in [-0.4, -0.2) is 19.1 Å². The van der Waals surface area contributed by atoms with Crippen molar-refractivity contribution in [2.24, 2.45) is 0 Å². The van der Waals surface area contributed by atoms with Crippen molar-refractivity contribution in [3.05, 3.63) is 54.1 Å². The Balaban J connectivity index is 1.75. The number of para-hydroxylation sites is 1. The molecule has 0 aliphatic rings. The number of hydrogen-bond donors (Lipinski definition) is 1. The summed E-state index contributed by atoms with van der Waals surface area (Å²) in [6, 6.07) is 15.0. The van der Waals surface area contributed by atoms with Crippen molar-refractivity contribution in [1.82, 2.24) is 0 Å². The Hall–Kier alpha value is -2.49. The molecule has 0 aromatic heterocycles. The predicted octanol–water partition coefficient (Wildman–Crippen LogP) is 4.58. The zero-order valence-corrected chi connectivity index (χ0v) is 14.4. The van der Waals surface area contributed by atoms with Gasteiger partial charge in [-0.25, -0.2) is 0 Å². The van der Waals surface area contributed by atoms with E-state index in [1.165, 1.54) is 12.8 Å². The molecule has 4 heteroatoms. The number of ether oxygens (including phenoxy) is 2. The number of carbonyl (C=O) groups is 1. The number of benzene rings is 2. The summed E-state index contributed by atoms with van der Waals surface area (Å²) < 4.78 is 11.2. The van der Waals surface area contributed by atoms with E-state index in [1.54, 1.807) is 0 Å². The molecule has 128 valence electrons. The molecule has 0 atom stereocenters. The highest BCUT2D eigenvalue weighted by Crippen LogP contribution is 2.18. The van der Waals surface area contributed by atoms with E-state index in [0.29, 0.717) is 5.75 Å². The standard InChI is InChI=1S/C20H25NO3/c1-3-4-7-14-23-17-10-12-18(13-11-17)24-15-20(22)21-19-9-6-5-8-16(19)2/h5-6,8-13H,3-4,7,14-15H2,1-2H3,(H,21,22). The largest absolute Gasteiger partial charge is 0.494 e. The van der Waals surface area contributed by atoms with Gasteiger partial charge in [0.2, 0.25) is 0 Å². The Bertz CT molecular complexity index is 638. The molecule has 0 unspecified atom stereocenters. The van der Waals surface area contributed by atoms with Crippen LogP contribution in [0.1, 0.15) is 31.7 Å². The summed E-state index contributed by atoms with van der Waals surface area (Å²) in [5.41, 5.74) is 1.83. The summed E-state index contributed by atoms with van der Waals surface area (Å²) in [5.74, 6) is 1.29. The maximum absolute atomic E-state index is 11.9. The van der Waals surface area contributed by atoms with Crippen LogP contribution in [0, 0.1) is 6.92 Å². The SMILES string of the molecule is CCCCCOc1ccc(OCC(=O)Nc2ccccc2C)cc1. The Morgan fingerprint density at radius 2 is 1.62 bits per heavy atom. The van der Waals surface area contributed by atoms with Crippen molar-refractivity contribution in [1.29, 1.82) is 0 Å². The number of carbonyl (C=O) groups excluding carboxylic acids is 1. The van der Waals surface area contributed by atoms with Crippen molar-refractivity contribution in [2.45, 2.75) is 33.1 Å². The fraction of sp³-hybridized carbons (Fsp3) is 0.350. The number of unbranched alkanes of at least 4 members (excludes halogenated alkanes) is 2. The topological polar surface area (TPSA) is 47.6 Å². The lowest BCUT2D eigenvalue weighted by molar-refractivity contribution is -0.118. The van der Waals surface area contributed by atoms with Gasteiger partial charge in [-0.3, -0.25) is 4.79 Å². The molecule has 4 nitrogen and oxygen atoms in total. The van der Waals surface area contributed by atoms with E-state index in [-0.39, 0.29) is 12.5 Å². The van der Waals surface area contributed by atoms with E-state index in [0.717, 1.165) is 30.0 Å². The van der Waals surface area contributed by atoms with Gasteiger partial charge in [-0.2, -0.15) is 0 Å². The van der Waals surface area contributed by atoms with Gasteiger partial charge in [-0.05, 0) is 49.2 Å². The summed E-state index contributed by atoms with van der Waals surface area (Å²) in [6.45, 7) is 4.83. The predicted molar refractivity (Wildman–Crippen MR) is 96.8 cm³/mol. The molecule has 1 amide bonds. The van der Waals surface area contributed by atoms with Gasteiger partial charge in [0.05, 0.1) is 6.61 Å². The highest BCUT2D eigenvalue weighted by atomic mass is 16.5. The molecule has 0 radical (unpaired) electrons. The Kier molecular flexibility index (Phi) is 7.15. The maximum atomic E-state index is 11.9. The lowest BCUT2D eigenvalue weighted by Gasteiger charge is -2.10. The molecule has 2 aromatic carbocycles. The van der Waals surface area contributed by atoms with Crippen LogP contribution in [0.4, 0.5) is 5.69 Å². The Labute approximate surface area is 143 Å². The van der Waals surface area contributed by atoms with Crippen molar-refractivity contribution in [2.75, 3.05) is 18.5 Å². The minimum absolute atomic E-state index is 0.0228. The second-order valence-electron chi connectivity index (χ2n) is 5.68. The van der Waals surface area contributed by atoms with E-state index >= 15 is 0 Å². The molecule has 24 heavy (non-hydrogen) atoms. The average Bonchev–Trinajstić information content (AvgIpc) is 2.60. The number of amides is 1. The van der Waals surface area contributed by atoms with E-state index < -0.39 is 0 Å². The van der Waals surface area contributed by atoms with Crippen LogP contribution in [0.3, 0.4) is 0 Å². The molecule has 1 N–H and O–H groups in total. The molecule has 0 saturated heterocycles. The first-order valence-corrected chi connectivity index (χ1v) is 8.40. The van der Waals surface area contributed by atoms with Crippen molar-refractivity contribution in [3.63, 3.8) is 0 Å². The van der Waals surface area contributed by atoms with Crippen molar-refractivity contribution < 1.29 is 14.3 Å². The first-order valence-electron chi connectivity index (χ1n) is 8.40. The summed E-state index contributed by atoms with van der Waals surface area (Å²) in [6.07, 6.45) is 3.42. The molecule has 0 fully saturated rings. The minimum Gasteiger partial charge on any atom is -0.494 e. The molecular weight excluding hydrogens is 302 g/mol. The third-order valence-electron chi connectivity index (χ3n) is 3.63. The van der Waals surface area contributed by atoms with Crippen molar-refractivity contribution in [3.8, 4) is 11.5 Å². The van der Waals surface area contributed by atoms with Gasteiger partial charge in [0.15, 0.2) is 6.61 Å². The molecule has 0 bridgehead atoms. The zero-order valence-electron chi connectivity index (χ0n) is 14.4. The fourth-order valence-corrected chi connectivity index (χ4v) is 2.22. The fourth-order valence-electron chi connectivity index (χ4n) is 2.22. The number of nitrogens with one attached hydrogen (secondary N) is 1. The normalized spacial score (nSPS) is 10.2. The number of rotatable bonds is 9. The molecular formula is C20H25NO3. The second-order valence-corrected chi connectivity index (χ2v) is 5.68. The third-order valence-corrected chi connectivity index (χ3v) is 3.63. The molecule has 2 rings (SSSR count). The van der Waals surface area contributed by atoms with Crippen LogP contribution in [0.25, 0.3) is 0 Å². The number of hydrogen-bond acceptors (Lipinski definition) is 3. The molecule has 0 aliphatic heterocycles. The maximum Gasteiger partial charge on any atom is 0.262 e. The van der Waals surface area contributed by atoms with Crippen LogP contribution in [0.15, 0.2) is 48.5 Å². The molecule has 0 aliphatic carbocycles.